The first-order valence-electron chi connectivity index (χ1n) is 7.93. The fourth-order valence-electron chi connectivity index (χ4n) is 2.84. The van der Waals surface area contributed by atoms with Gasteiger partial charge < -0.3 is 15.3 Å². The normalized spacial score (nSPS) is 19.6. The van der Waals surface area contributed by atoms with Gasteiger partial charge in [0.2, 0.25) is 11.8 Å². The summed E-state index contributed by atoms with van der Waals surface area (Å²) in [7, 11) is 0. The molecule has 2 heterocycles. The summed E-state index contributed by atoms with van der Waals surface area (Å²) < 4.78 is 0. The van der Waals surface area contributed by atoms with Gasteiger partial charge in [0.1, 0.15) is 17.2 Å². The molecule has 1 aliphatic rings. The van der Waals surface area contributed by atoms with Crippen LogP contribution in [0.25, 0.3) is 0 Å². The van der Waals surface area contributed by atoms with E-state index in [0.717, 1.165) is 5.56 Å². The second-order valence-electron chi connectivity index (χ2n) is 5.77. The maximum Gasteiger partial charge on any atom is 0.243 e. The highest BCUT2D eigenvalue weighted by molar-refractivity contribution is 7.99. The SMILES string of the molecule is CC(=O)N1C(C(=O)NCc2cccnc2)CSC1c1ccccc1O. The van der Waals surface area contributed by atoms with Gasteiger partial charge in [-0.3, -0.25) is 14.6 Å². The number of phenolic OH excluding ortho intramolecular Hbond substituents is 1. The summed E-state index contributed by atoms with van der Waals surface area (Å²) in [6, 6.07) is 10.0. The first-order valence-corrected chi connectivity index (χ1v) is 8.98. The van der Waals surface area contributed by atoms with Gasteiger partial charge >= 0.3 is 0 Å². The quantitative estimate of drug-likeness (QED) is 0.875. The molecule has 1 aliphatic heterocycles. The molecule has 0 spiro atoms. The lowest BCUT2D eigenvalue weighted by Gasteiger charge is -2.28. The summed E-state index contributed by atoms with van der Waals surface area (Å²) in [6.45, 7) is 1.81. The van der Waals surface area contributed by atoms with Crippen molar-refractivity contribution < 1.29 is 14.7 Å². The Hall–Kier alpha value is -2.54. The van der Waals surface area contributed by atoms with E-state index in [2.05, 4.69) is 10.3 Å². The molecular formula is C18H19N3O3S. The molecule has 0 saturated carbocycles. The number of carbonyl (C=O) groups is 2. The number of para-hydroxylation sites is 1. The number of carbonyl (C=O) groups excluding carboxylic acids is 2. The number of pyridine rings is 1. The molecule has 0 bridgehead atoms. The van der Waals surface area contributed by atoms with Crippen molar-refractivity contribution in [2.75, 3.05) is 5.75 Å². The molecule has 1 aromatic carbocycles. The Morgan fingerprint density at radius 2 is 2.12 bits per heavy atom. The number of nitrogens with zero attached hydrogens (tertiary/aromatic N) is 2. The number of hydrogen-bond acceptors (Lipinski definition) is 5. The topological polar surface area (TPSA) is 82.5 Å². The molecule has 1 saturated heterocycles. The van der Waals surface area contributed by atoms with Crippen LogP contribution in [-0.2, 0) is 16.1 Å². The molecule has 2 N–H and O–H groups in total. The van der Waals surface area contributed by atoms with Gasteiger partial charge in [-0.1, -0.05) is 24.3 Å². The minimum atomic E-state index is -0.566. The summed E-state index contributed by atoms with van der Waals surface area (Å²) >= 11 is 1.48. The lowest BCUT2D eigenvalue weighted by Crippen LogP contribution is -2.47. The van der Waals surface area contributed by atoms with E-state index < -0.39 is 6.04 Å². The first-order chi connectivity index (χ1) is 12.1. The molecule has 2 unspecified atom stereocenters. The van der Waals surface area contributed by atoms with Crippen LogP contribution >= 0.6 is 11.8 Å². The van der Waals surface area contributed by atoms with E-state index in [0.29, 0.717) is 17.9 Å². The van der Waals surface area contributed by atoms with Crippen LogP contribution in [0.5, 0.6) is 5.75 Å². The van der Waals surface area contributed by atoms with Crippen LogP contribution in [0.1, 0.15) is 23.4 Å². The standard InChI is InChI=1S/C18H19N3O3S/c1-12(22)21-15(17(24)20-10-13-5-4-8-19-9-13)11-25-18(21)14-6-2-3-7-16(14)23/h2-9,15,18,23H,10-11H2,1H3,(H,20,24). The molecule has 6 nitrogen and oxygen atoms in total. The number of aromatic nitrogens is 1. The number of rotatable bonds is 4. The van der Waals surface area contributed by atoms with E-state index >= 15 is 0 Å². The Bertz CT molecular complexity index is 769. The molecule has 2 aromatic rings. The van der Waals surface area contributed by atoms with Gasteiger partial charge in [-0.2, -0.15) is 0 Å². The molecule has 7 heteroatoms. The highest BCUT2D eigenvalue weighted by atomic mass is 32.2. The first kappa shape index (κ1) is 17.3. The van der Waals surface area contributed by atoms with Crippen molar-refractivity contribution in [3.63, 3.8) is 0 Å². The molecular weight excluding hydrogens is 338 g/mol. The monoisotopic (exact) mass is 357 g/mol. The Balaban J connectivity index is 1.74. The van der Waals surface area contributed by atoms with E-state index in [-0.39, 0.29) is 22.9 Å². The number of benzene rings is 1. The zero-order valence-electron chi connectivity index (χ0n) is 13.8. The fraction of sp³-hybridized carbons (Fsp3) is 0.278. The number of nitrogens with one attached hydrogen (secondary N) is 1. The zero-order chi connectivity index (χ0) is 17.8. The summed E-state index contributed by atoms with van der Waals surface area (Å²) in [5.41, 5.74) is 1.54. The van der Waals surface area contributed by atoms with Crippen LogP contribution in [0.2, 0.25) is 0 Å². The minimum Gasteiger partial charge on any atom is -0.508 e. The molecule has 3 rings (SSSR count). The third-order valence-corrected chi connectivity index (χ3v) is 5.36. The van der Waals surface area contributed by atoms with Gasteiger partial charge in [0.05, 0.1) is 0 Å². The number of thioether (sulfide) groups is 1. The number of hydrogen-bond donors (Lipinski definition) is 2. The van der Waals surface area contributed by atoms with Crippen molar-refractivity contribution in [3.8, 4) is 5.75 Å². The average Bonchev–Trinajstić information content (AvgIpc) is 3.06. The van der Waals surface area contributed by atoms with Crippen molar-refractivity contribution in [1.82, 2.24) is 15.2 Å². The average molecular weight is 357 g/mol. The van der Waals surface area contributed by atoms with Crippen molar-refractivity contribution in [2.45, 2.75) is 24.9 Å². The lowest BCUT2D eigenvalue weighted by atomic mass is 10.1. The second-order valence-corrected chi connectivity index (χ2v) is 6.88. The molecule has 1 aromatic heterocycles. The molecule has 25 heavy (non-hydrogen) atoms. The number of aromatic hydroxyl groups is 1. The Kier molecular flexibility index (Phi) is 5.23. The highest BCUT2D eigenvalue weighted by Crippen LogP contribution is 2.44. The van der Waals surface area contributed by atoms with Crippen LogP contribution in [-0.4, -0.2) is 38.6 Å². The molecule has 1 fully saturated rings. The molecule has 0 radical (unpaired) electrons. The van der Waals surface area contributed by atoms with Gasteiger partial charge in [0, 0.05) is 37.2 Å². The summed E-state index contributed by atoms with van der Waals surface area (Å²) in [4.78, 5) is 30.3. The molecule has 130 valence electrons. The fourth-order valence-corrected chi connectivity index (χ4v) is 4.35. The van der Waals surface area contributed by atoms with Gasteiger partial charge in [0.25, 0.3) is 0 Å². The van der Waals surface area contributed by atoms with Gasteiger partial charge in [-0.05, 0) is 17.7 Å². The second kappa shape index (κ2) is 7.57. The van der Waals surface area contributed by atoms with Crippen LogP contribution in [0, 0.1) is 0 Å². The largest absolute Gasteiger partial charge is 0.508 e. The van der Waals surface area contributed by atoms with Crippen LogP contribution in [0.15, 0.2) is 48.8 Å². The van der Waals surface area contributed by atoms with Crippen molar-refractivity contribution in [2.24, 2.45) is 0 Å². The van der Waals surface area contributed by atoms with Gasteiger partial charge in [-0.15, -0.1) is 11.8 Å². The van der Waals surface area contributed by atoms with E-state index in [1.54, 1.807) is 30.6 Å². The smallest absolute Gasteiger partial charge is 0.243 e. The predicted octanol–water partition coefficient (Wildman–Crippen LogP) is 2.07. The summed E-state index contributed by atoms with van der Waals surface area (Å²) in [6.07, 6.45) is 3.37. The minimum absolute atomic E-state index is 0.127. The predicted molar refractivity (Wildman–Crippen MR) is 95.7 cm³/mol. The third-order valence-electron chi connectivity index (χ3n) is 4.06. The summed E-state index contributed by atoms with van der Waals surface area (Å²) in [5.74, 6) is 0.212. The summed E-state index contributed by atoms with van der Waals surface area (Å²) in [5, 5.41) is 12.6. The van der Waals surface area contributed by atoms with E-state index in [9.17, 15) is 14.7 Å². The van der Waals surface area contributed by atoms with Crippen molar-refractivity contribution >= 4 is 23.6 Å². The van der Waals surface area contributed by atoms with Gasteiger partial charge in [0.15, 0.2) is 0 Å². The van der Waals surface area contributed by atoms with Crippen LogP contribution in [0.4, 0.5) is 0 Å². The Labute approximate surface area is 150 Å². The number of phenols is 1. The van der Waals surface area contributed by atoms with E-state index in [1.807, 2.05) is 18.2 Å². The van der Waals surface area contributed by atoms with Crippen molar-refractivity contribution in [1.29, 1.82) is 0 Å². The Morgan fingerprint density at radius 1 is 1.32 bits per heavy atom. The lowest BCUT2D eigenvalue weighted by molar-refractivity contribution is -0.138. The zero-order valence-corrected chi connectivity index (χ0v) is 14.6. The molecule has 2 atom stereocenters. The molecule has 2 amide bonds. The van der Waals surface area contributed by atoms with Crippen LogP contribution in [0.3, 0.4) is 0 Å². The van der Waals surface area contributed by atoms with Crippen molar-refractivity contribution in [3.05, 3.63) is 59.9 Å². The van der Waals surface area contributed by atoms with Gasteiger partial charge in [-0.25, -0.2) is 0 Å². The Morgan fingerprint density at radius 3 is 2.80 bits per heavy atom. The third kappa shape index (κ3) is 3.76. The van der Waals surface area contributed by atoms with E-state index in [1.165, 1.54) is 23.6 Å². The molecule has 0 aliphatic carbocycles. The van der Waals surface area contributed by atoms with Crippen LogP contribution < -0.4 is 5.32 Å². The number of amides is 2. The van der Waals surface area contributed by atoms with E-state index in [4.69, 9.17) is 0 Å². The highest BCUT2D eigenvalue weighted by Gasteiger charge is 2.41. The maximum atomic E-state index is 12.6. The maximum absolute atomic E-state index is 12.6.